The molecule has 0 atom stereocenters. The lowest BCUT2D eigenvalue weighted by atomic mass is 10.1. The number of fused-ring (bicyclic) bond motifs is 1. The minimum absolute atomic E-state index is 0.168. The summed E-state index contributed by atoms with van der Waals surface area (Å²) in [5, 5.41) is 11.5. The third-order valence-corrected chi connectivity index (χ3v) is 3.32. The summed E-state index contributed by atoms with van der Waals surface area (Å²) in [4.78, 5) is 5.34. The van der Waals surface area contributed by atoms with Gasteiger partial charge in [0.05, 0.1) is 12.8 Å². The molecule has 7 heteroatoms. The monoisotopic (exact) mass is 315 g/mol. The Labute approximate surface area is 131 Å². The maximum Gasteiger partial charge on any atom is 0.165 e. The number of benzene rings is 2. The third-order valence-electron chi connectivity index (χ3n) is 3.32. The Hall–Kier alpha value is -2.96. The first-order valence-electron chi connectivity index (χ1n) is 6.89. The van der Waals surface area contributed by atoms with Gasteiger partial charge in [-0.2, -0.15) is 0 Å². The Kier molecular flexibility index (Phi) is 4.18. The molecule has 0 saturated carbocycles. The van der Waals surface area contributed by atoms with Crippen LogP contribution in [0.2, 0.25) is 0 Å². The van der Waals surface area contributed by atoms with Gasteiger partial charge in [-0.15, -0.1) is 0 Å². The van der Waals surface area contributed by atoms with Crippen LogP contribution in [0, 0.1) is 5.82 Å². The Morgan fingerprint density at radius 1 is 1.17 bits per heavy atom. The van der Waals surface area contributed by atoms with E-state index in [9.17, 15) is 4.39 Å². The smallest absolute Gasteiger partial charge is 0.165 e. The molecule has 0 radical (unpaired) electrons. The first-order chi connectivity index (χ1) is 11.2. The van der Waals surface area contributed by atoms with E-state index in [1.54, 1.807) is 25.1 Å². The molecule has 0 aliphatic rings. The van der Waals surface area contributed by atoms with Crippen molar-refractivity contribution in [3.05, 3.63) is 53.3 Å². The number of aromatic nitrogens is 2. The van der Waals surface area contributed by atoms with Gasteiger partial charge in [0.25, 0.3) is 0 Å². The molecule has 0 N–H and O–H groups in total. The predicted octanol–water partition coefficient (Wildman–Crippen LogP) is 3.31. The second kappa shape index (κ2) is 6.43. The average Bonchev–Trinajstić information content (AvgIpc) is 3.03. The summed E-state index contributed by atoms with van der Waals surface area (Å²) in [6, 6.07) is 10.00. The second-order valence-corrected chi connectivity index (χ2v) is 4.89. The Bertz CT molecular complexity index is 861. The van der Waals surface area contributed by atoms with E-state index in [2.05, 4.69) is 20.1 Å². The van der Waals surface area contributed by atoms with E-state index in [1.807, 2.05) is 12.1 Å². The molecule has 3 aromatic rings. The largest absolute Gasteiger partial charge is 0.494 e. The van der Waals surface area contributed by atoms with Gasteiger partial charge in [-0.25, -0.2) is 9.02 Å². The molecule has 0 fully saturated rings. The molecule has 1 aromatic heterocycles. The highest BCUT2D eigenvalue weighted by molar-refractivity contribution is 5.98. The minimum atomic E-state index is -0.417. The fourth-order valence-electron chi connectivity index (χ4n) is 2.06. The number of hydrogen-bond acceptors (Lipinski definition) is 6. The van der Waals surface area contributed by atoms with Gasteiger partial charge in [-0.3, -0.25) is 0 Å². The van der Waals surface area contributed by atoms with E-state index in [-0.39, 0.29) is 12.4 Å². The zero-order valence-corrected chi connectivity index (χ0v) is 12.6. The van der Waals surface area contributed by atoms with E-state index < -0.39 is 5.82 Å². The second-order valence-electron chi connectivity index (χ2n) is 4.89. The van der Waals surface area contributed by atoms with Gasteiger partial charge in [0.2, 0.25) is 0 Å². The molecule has 2 aromatic carbocycles. The van der Waals surface area contributed by atoms with Gasteiger partial charge in [-0.05, 0) is 53.1 Å². The van der Waals surface area contributed by atoms with E-state index >= 15 is 0 Å². The highest BCUT2D eigenvalue weighted by Gasteiger charge is 2.06. The van der Waals surface area contributed by atoms with Crippen molar-refractivity contribution in [2.45, 2.75) is 13.5 Å². The van der Waals surface area contributed by atoms with E-state index in [1.165, 1.54) is 13.2 Å². The van der Waals surface area contributed by atoms with E-state index in [4.69, 9.17) is 9.57 Å². The zero-order valence-electron chi connectivity index (χ0n) is 12.6. The van der Waals surface area contributed by atoms with Crippen LogP contribution in [0.3, 0.4) is 0 Å². The van der Waals surface area contributed by atoms with Crippen LogP contribution in [0.1, 0.15) is 18.1 Å². The zero-order chi connectivity index (χ0) is 16.2. The van der Waals surface area contributed by atoms with Gasteiger partial charge < -0.3 is 9.57 Å². The van der Waals surface area contributed by atoms with E-state index in [0.29, 0.717) is 16.7 Å². The number of methoxy groups -OCH3 is 1. The van der Waals surface area contributed by atoms with Crippen molar-refractivity contribution in [1.82, 2.24) is 10.3 Å². The van der Waals surface area contributed by atoms with Crippen LogP contribution in [-0.4, -0.2) is 23.1 Å². The Balaban J connectivity index is 1.69. The maximum atomic E-state index is 13.4. The highest BCUT2D eigenvalue weighted by Crippen LogP contribution is 2.19. The highest BCUT2D eigenvalue weighted by atomic mass is 19.1. The Morgan fingerprint density at radius 3 is 2.83 bits per heavy atom. The summed E-state index contributed by atoms with van der Waals surface area (Å²) in [6.45, 7) is 2.05. The lowest BCUT2D eigenvalue weighted by molar-refractivity contribution is 0.130. The molecule has 0 amide bonds. The molecular weight excluding hydrogens is 301 g/mol. The van der Waals surface area contributed by atoms with Crippen LogP contribution in [0.4, 0.5) is 4.39 Å². The van der Waals surface area contributed by atoms with Crippen molar-refractivity contribution in [1.29, 1.82) is 0 Å². The van der Waals surface area contributed by atoms with Crippen molar-refractivity contribution < 1.29 is 18.6 Å². The summed E-state index contributed by atoms with van der Waals surface area (Å²) in [7, 11) is 1.42. The summed E-state index contributed by atoms with van der Waals surface area (Å²) >= 11 is 0. The lowest BCUT2D eigenvalue weighted by Crippen LogP contribution is -1.99. The van der Waals surface area contributed by atoms with Crippen molar-refractivity contribution >= 4 is 16.7 Å². The van der Waals surface area contributed by atoms with E-state index in [0.717, 1.165) is 11.1 Å². The number of rotatable bonds is 5. The fourth-order valence-corrected chi connectivity index (χ4v) is 2.06. The van der Waals surface area contributed by atoms with Crippen LogP contribution in [-0.2, 0) is 11.4 Å². The molecule has 118 valence electrons. The van der Waals surface area contributed by atoms with Crippen LogP contribution < -0.4 is 4.74 Å². The number of ether oxygens (including phenoxy) is 1. The quantitative estimate of drug-likeness (QED) is 0.533. The standard InChI is InChI=1S/C16H14FN3O3/c1-10(12-4-5-13(17)16(8-12)21-2)18-22-9-11-3-6-14-15(7-11)20-23-19-14/h3-8H,9H2,1-2H3. The summed E-state index contributed by atoms with van der Waals surface area (Å²) in [5.41, 5.74) is 3.58. The molecule has 0 bridgehead atoms. The topological polar surface area (TPSA) is 69.7 Å². The van der Waals surface area contributed by atoms with Gasteiger partial charge in [0, 0.05) is 5.56 Å². The lowest BCUT2D eigenvalue weighted by Gasteiger charge is -2.06. The van der Waals surface area contributed by atoms with Crippen molar-refractivity contribution in [3.63, 3.8) is 0 Å². The number of oxime groups is 1. The molecule has 23 heavy (non-hydrogen) atoms. The summed E-state index contributed by atoms with van der Waals surface area (Å²) in [5.74, 6) is -0.250. The molecule has 1 heterocycles. The van der Waals surface area contributed by atoms with Crippen molar-refractivity contribution in [2.24, 2.45) is 5.16 Å². The SMILES string of the molecule is COc1cc(C(C)=NOCc2ccc3nonc3c2)ccc1F. The molecule has 0 aliphatic heterocycles. The molecule has 0 unspecified atom stereocenters. The van der Waals surface area contributed by atoms with Crippen LogP contribution in [0.15, 0.2) is 46.2 Å². The number of halogens is 1. The van der Waals surface area contributed by atoms with Crippen molar-refractivity contribution in [2.75, 3.05) is 7.11 Å². The van der Waals surface area contributed by atoms with Crippen molar-refractivity contribution in [3.8, 4) is 5.75 Å². The fraction of sp³-hybridized carbons (Fsp3) is 0.188. The molecule has 0 aliphatic carbocycles. The Morgan fingerprint density at radius 2 is 2.00 bits per heavy atom. The predicted molar refractivity (Wildman–Crippen MR) is 81.8 cm³/mol. The van der Waals surface area contributed by atoms with Crippen LogP contribution in [0.5, 0.6) is 5.75 Å². The van der Waals surface area contributed by atoms with Crippen LogP contribution in [0.25, 0.3) is 11.0 Å². The molecule has 0 spiro atoms. The van der Waals surface area contributed by atoms with Crippen LogP contribution >= 0.6 is 0 Å². The molecule has 3 rings (SSSR count). The number of hydrogen-bond donors (Lipinski definition) is 0. The first-order valence-corrected chi connectivity index (χ1v) is 6.89. The van der Waals surface area contributed by atoms with Gasteiger partial charge in [0.15, 0.2) is 11.6 Å². The molecule has 6 nitrogen and oxygen atoms in total. The normalized spacial score (nSPS) is 11.7. The van der Waals surface area contributed by atoms with Gasteiger partial charge >= 0.3 is 0 Å². The van der Waals surface area contributed by atoms with Gasteiger partial charge in [-0.1, -0.05) is 11.2 Å². The average molecular weight is 315 g/mol. The number of nitrogens with zero attached hydrogens (tertiary/aromatic N) is 3. The van der Waals surface area contributed by atoms with Gasteiger partial charge in [0.1, 0.15) is 17.6 Å². The molecule has 0 saturated heterocycles. The molecular formula is C16H14FN3O3. The summed E-state index contributed by atoms with van der Waals surface area (Å²) in [6.07, 6.45) is 0. The third kappa shape index (κ3) is 3.28. The summed E-state index contributed by atoms with van der Waals surface area (Å²) < 4.78 is 23.0. The minimum Gasteiger partial charge on any atom is -0.494 e. The first kappa shape index (κ1) is 15.0. The maximum absolute atomic E-state index is 13.4.